The van der Waals surface area contributed by atoms with Crippen LogP contribution in [-0.4, -0.2) is 44.1 Å². The first-order valence-corrected chi connectivity index (χ1v) is 6.73. The van der Waals surface area contributed by atoms with E-state index in [0.29, 0.717) is 24.0 Å². The largest absolute Gasteiger partial charge is 0.496 e. The molecule has 0 unspecified atom stereocenters. The van der Waals surface area contributed by atoms with Crippen LogP contribution in [0, 0.1) is 5.41 Å². The highest BCUT2D eigenvalue weighted by Crippen LogP contribution is 2.20. The quantitative estimate of drug-likeness (QED) is 0.562. The molecule has 0 radical (unpaired) electrons. The Hall–Kier alpha value is -1.59. The van der Waals surface area contributed by atoms with E-state index in [0.717, 1.165) is 18.7 Å². The van der Waals surface area contributed by atoms with Gasteiger partial charge in [-0.15, -0.1) is 0 Å². The second-order valence-electron chi connectivity index (χ2n) is 5.01. The zero-order chi connectivity index (χ0) is 15.1. The molecule has 0 aromatic heterocycles. The normalized spacial score (nSPS) is 11.1. The fourth-order valence-electron chi connectivity index (χ4n) is 2.03. The third kappa shape index (κ3) is 4.51. The maximum Gasteiger partial charge on any atom is 0.129 e. The molecule has 1 aromatic rings. The smallest absolute Gasteiger partial charge is 0.129 e. The van der Waals surface area contributed by atoms with Gasteiger partial charge in [0.05, 0.1) is 19.3 Å². The maximum atomic E-state index is 7.62. The number of hydrogen-bond acceptors (Lipinski definition) is 4. The Bertz CT molecular complexity index is 447. The lowest BCUT2D eigenvalue weighted by atomic mass is 10.1. The molecule has 0 saturated heterocycles. The van der Waals surface area contributed by atoms with E-state index in [-0.39, 0.29) is 5.84 Å². The number of nitrogens with zero attached hydrogens (tertiary/aromatic N) is 1. The third-order valence-corrected chi connectivity index (χ3v) is 3.25. The average molecular weight is 279 g/mol. The highest BCUT2D eigenvalue weighted by Gasteiger charge is 2.12. The van der Waals surface area contributed by atoms with E-state index < -0.39 is 0 Å². The van der Waals surface area contributed by atoms with Crippen LogP contribution in [0.25, 0.3) is 0 Å². The van der Waals surface area contributed by atoms with Crippen molar-refractivity contribution in [3.05, 3.63) is 29.3 Å². The monoisotopic (exact) mass is 279 g/mol. The molecule has 112 valence electrons. The lowest BCUT2D eigenvalue weighted by molar-refractivity contribution is 0.125. The number of benzene rings is 1. The van der Waals surface area contributed by atoms with Crippen LogP contribution in [0.3, 0.4) is 0 Å². The van der Waals surface area contributed by atoms with Gasteiger partial charge in [-0.05, 0) is 31.5 Å². The second-order valence-corrected chi connectivity index (χ2v) is 5.01. The van der Waals surface area contributed by atoms with Crippen LogP contribution < -0.4 is 10.5 Å². The van der Waals surface area contributed by atoms with Crippen molar-refractivity contribution < 1.29 is 9.47 Å². The summed E-state index contributed by atoms with van der Waals surface area (Å²) in [7, 11) is 3.29. The van der Waals surface area contributed by atoms with Crippen molar-refractivity contribution in [2.75, 3.05) is 27.4 Å². The fraction of sp³-hybridized carbons (Fsp3) is 0.533. The molecule has 1 aromatic carbocycles. The van der Waals surface area contributed by atoms with Gasteiger partial charge in [0.15, 0.2) is 0 Å². The van der Waals surface area contributed by atoms with Gasteiger partial charge in [0.1, 0.15) is 11.6 Å². The Labute approximate surface area is 121 Å². The SMILES string of the molecule is COCCN(Cc1ccc(OC)c(C(=N)N)c1)C(C)C. The molecule has 3 N–H and O–H groups in total. The van der Waals surface area contributed by atoms with E-state index in [9.17, 15) is 0 Å². The van der Waals surface area contributed by atoms with Crippen LogP contribution in [0.1, 0.15) is 25.0 Å². The standard InChI is InChI=1S/C15H25N3O2/c1-11(2)18(7-8-19-3)10-12-5-6-14(20-4)13(9-12)15(16)17/h5-6,9,11H,7-8,10H2,1-4H3,(H3,16,17). The minimum Gasteiger partial charge on any atom is -0.496 e. The summed E-state index contributed by atoms with van der Waals surface area (Å²) in [5, 5.41) is 7.62. The summed E-state index contributed by atoms with van der Waals surface area (Å²) in [5.74, 6) is 0.658. The Balaban J connectivity index is 2.90. The van der Waals surface area contributed by atoms with E-state index in [1.54, 1.807) is 14.2 Å². The molecule has 0 amide bonds. The maximum absolute atomic E-state index is 7.62. The van der Waals surface area contributed by atoms with Crippen LogP contribution in [0.2, 0.25) is 0 Å². The topological polar surface area (TPSA) is 71.6 Å². The van der Waals surface area contributed by atoms with Gasteiger partial charge in [-0.2, -0.15) is 0 Å². The summed E-state index contributed by atoms with van der Waals surface area (Å²) < 4.78 is 10.4. The molecular formula is C15H25N3O2. The van der Waals surface area contributed by atoms with Crippen molar-refractivity contribution >= 4 is 5.84 Å². The molecule has 0 heterocycles. The van der Waals surface area contributed by atoms with Gasteiger partial charge in [-0.1, -0.05) is 6.07 Å². The number of nitrogens with one attached hydrogen (secondary N) is 1. The lowest BCUT2D eigenvalue weighted by Crippen LogP contribution is -2.33. The number of nitrogens with two attached hydrogens (primary N) is 1. The summed E-state index contributed by atoms with van der Waals surface area (Å²) in [6.45, 7) is 6.69. The first kappa shape index (κ1) is 16.5. The Kier molecular flexibility index (Phi) is 6.48. The molecule has 0 spiro atoms. The molecule has 0 aliphatic heterocycles. The van der Waals surface area contributed by atoms with Crippen molar-refractivity contribution in [1.82, 2.24) is 4.90 Å². The van der Waals surface area contributed by atoms with Crippen molar-refractivity contribution in [1.29, 1.82) is 5.41 Å². The first-order valence-electron chi connectivity index (χ1n) is 6.73. The number of nitrogen functional groups attached to an aromatic ring is 1. The van der Waals surface area contributed by atoms with Crippen LogP contribution in [0.4, 0.5) is 0 Å². The molecule has 0 saturated carbocycles. The molecule has 0 aliphatic rings. The van der Waals surface area contributed by atoms with Crippen molar-refractivity contribution in [3.63, 3.8) is 0 Å². The summed E-state index contributed by atoms with van der Waals surface area (Å²) in [6, 6.07) is 6.21. The Morgan fingerprint density at radius 1 is 1.35 bits per heavy atom. The molecular weight excluding hydrogens is 254 g/mol. The third-order valence-electron chi connectivity index (χ3n) is 3.25. The average Bonchev–Trinajstić information content (AvgIpc) is 2.42. The van der Waals surface area contributed by atoms with E-state index in [2.05, 4.69) is 18.7 Å². The van der Waals surface area contributed by atoms with Crippen molar-refractivity contribution in [2.24, 2.45) is 5.73 Å². The molecule has 0 aliphatic carbocycles. The fourth-order valence-corrected chi connectivity index (χ4v) is 2.03. The zero-order valence-electron chi connectivity index (χ0n) is 12.8. The molecule has 0 atom stereocenters. The molecule has 1 rings (SSSR count). The van der Waals surface area contributed by atoms with E-state index in [4.69, 9.17) is 20.6 Å². The summed E-state index contributed by atoms with van der Waals surface area (Å²) in [5.41, 5.74) is 7.35. The van der Waals surface area contributed by atoms with Crippen LogP contribution in [0.15, 0.2) is 18.2 Å². The van der Waals surface area contributed by atoms with E-state index in [1.165, 1.54) is 0 Å². The number of rotatable bonds is 8. The molecule has 5 heteroatoms. The summed E-state index contributed by atoms with van der Waals surface area (Å²) in [4.78, 5) is 2.31. The van der Waals surface area contributed by atoms with Gasteiger partial charge in [-0.25, -0.2) is 0 Å². The van der Waals surface area contributed by atoms with Gasteiger partial charge in [0.25, 0.3) is 0 Å². The first-order chi connectivity index (χ1) is 9.49. The molecule has 0 fully saturated rings. The summed E-state index contributed by atoms with van der Waals surface area (Å²) in [6.07, 6.45) is 0. The lowest BCUT2D eigenvalue weighted by Gasteiger charge is -2.26. The number of amidine groups is 1. The number of ether oxygens (including phenoxy) is 2. The predicted octanol–water partition coefficient (Wildman–Crippen LogP) is 1.84. The Morgan fingerprint density at radius 3 is 2.55 bits per heavy atom. The van der Waals surface area contributed by atoms with Crippen molar-refractivity contribution in [2.45, 2.75) is 26.4 Å². The van der Waals surface area contributed by atoms with Gasteiger partial charge >= 0.3 is 0 Å². The molecule has 0 bridgehead atoms. The zero-order valence-corrected chi connectivity index (χ0v) is 12.8. The Morgan fingerprint density at radius 2 is 2.05 bits per heavy atom. The van der Waals surface area contributed by atoms with Gasteiger partial charge in [0.2, 0.25) is 0 Å². The van der Waals surface area contributed by atoms with Gasteiger partial charge in [-0.3, -0.25) is 10.3 Å². The van der Waals surface area contributed by atoms with Gasteiger partial charge < -0.3 is 15.2 Å². The van der Waals surface area contributed by atoms with Crippen molar-refractivity contribution in [3.8, 4) is 5.75 Å². The number of methoxy groups -OCH3 is 2. The van der Waals surface area contributed by atoms with Crippen LogP contribution in [-0.2, 0) is 11.3 Å². The minimum absolute atomic E-state index is 0.0247. The highest BCUT2D eigenvalue weighted by molar-refractivity contribution is 5.97. The van der Waals surface area contributed by atoms with Gasteiger partial charge in [0, 0.05) is 26.2 Å². The summed E-state index contributed by atoms with van der Waals surface area (Å²) >= 11 is 0. The minimum atomic E-state index is 0.0247. The van der Waals surface area contributed by atoms with E-state index in [1.807, 2.05) is 18.2 Å². The van der Waals surface area contributed by atoms with Crippen LogP contribution in [0.5, 0.6) is 5.75 Å². The van der Waals surface area contributed by atoms with Crippen LogP contribution >= 0.6 is 0 Å². The molecule has 20 heavy (non-hydrogen) atoms. The second kappa shape index (κ2) is 7.87. The highest BCUT2D eigenvalue weighted by atomic mass is 16.5. The number of hydrogen-bond donors (Lipinski definition) is 2. The molecule has 5 nitrogen and oxygen atoms in total. The predicted molar refractivity (Wildman–Crippen MR) is 81.4 cm³/mol. The van der Waals surface area contributed by atoms with E-state index >= 15 is 0 Å².